The molecule has 0 aliphatic carbocycles. The van der Waals surface area contributed by atoms with E-state index < -0.39 is 0 Å². The van der Waals surface area contributed by atoms with Crippen LogP contribution in [-0.4, -0.2) is 61.2 Å². The summed E-state index contributed by atoms with van der Waals surface area (Å²) >= 11 is 0. The van der Waals surface area contributed by atoms with Crippen molar-refractivity contribution in [3.8, 4) is 5.75 Å². The highest BCUT2D eigenvalue weighted by molar-refractivity contribution is 5.79. The molecule has 1 aliphatic rings. The molecule has 8 heteroatoms. The van der Waals surface area contributed by atoms with Crippen LogP contribution >= 0.6 is 0 Å². The van der Waals surface area contributed by atoms with Crippen molar-refractivity contribution in [2.24, 2.45) is 4.99 Å². The molecule has 29 heavy (non-hydrogen) atoms. The van der Waals surface area contributed by atoms with Gasteiger partial charge in [-0.05, 0) is 30.5 Å². The van der Waals surface area contributed by atoms with Crippen LogP contribution in [-0.2, 0) is 23.1 Å². The van der Waals surface area contributed by atoms with Gasteiger partial charge in [0.2, 0.25) is 0 Å². The van der Waals surface area contributed by atoms with Crippen molar-refractivity contribution in [3.63, 3.8) is 0 Å². The topological polar surface area (TPSA) is 85.6 Å². The van der Waals surface area contributed by atoms with Crippen molar-refractivity contribution in [2.75, 3.05) is 40.5 Å². The molecule has 0 bridgehead atoms. The zero-order valence-corrected chi connectivity index (χ0v) is 17.6. The summed E-state index contributed by atoms with van der Waals surface area (Å²) < 4.78 is 13.0. The molecule has 1 fully saturated rings. The molecule has 0 atom stereocenters. The average Bonchev–Trinajstić information content (AvgIpc) is 3.24. The van der Waals surface area contributed by atoms with Gasteiger partial charge in [-0.15, -0.1) is 10.2 Å². The van der Waals surface area contributed by atoms with Crippen LogP contribution in [0.5, 0.6) is 5.75 Å². The van der Waals surface area contributed by atoms with E-state index in [1.165, 1.54) is 5.56 Å². The molecule has 158 valence electrons. The molecule has 1 aromatic carbocycles. The van der Waals surface area contributed by atoms with Gasteiger partial charge >= 0.3 is 0 Å². The molecule has 0 saturated carbocycles. The lowest BCUT2D eigenvalue weighted by molar-refractivity contribution is 0.0513. The Balaban J connectivity index is 1.60. The molecular formula is C21H32N6O2. The third kappa shape index (κ3) is 5.26. The van der Waals surface area contributed by atoms with Gasteiger partial charge in [0.05, 0.1) is 7.11 Å². The van der Waals surface area contributed by atoms with E-state index in [0.29, 0.717) is 0 Å². The summed E-state index contributed by atoms with van der Waals surface area (Å²) in [5.41, 5.74) is 1.33. The third-order valence-corrected chi connectivity index (χ3v) is 5.63. The fourth-order valence-corrected chi connectivity index (χ4v) is 3.78. The van der Waals surface area contributed by atoms with Crippen LogP contribution in [0.15, 0.2) is 35.6 Å². The second-order valence-corrected chi connectivity index (χ2v) is 7.27. The minimum absolute atomic E-state index is 0.0196. The summed E-state index contributed by atoms with van der Waals surface area (Å²) in [6.07, 6.45) is 4.60. The fraction of sp³-hybridized carbons (Fsp3) is 0.571. The maximum atomic E-state index is 5.64. The van der Waals surface area contributed by atoms with Gasteiger partial charge < -0.3 is 24.7 Å². The second kappa shape index (κ2) is 10.2. The normalized spacial score (nSPS) is 16.4. The fourth-order valence-electron chi connectivity index (χ4n) is 3.78. The van der Waals surface area contributed by atoms with Crippen molar-refractivity contribution in [1.29, 1.82) is 0 Å². The number of benzene rings is 1. The van der Waals surface area contributed by atoms with E-state index in [1.807, 2.05) is 12.1 Å². The van der Waals surface area contributed by atoms with Gasteiger partial charge in [-0.2, -0.15) is 0 Å². The Hall–Kier alpha value is -2.61. The number of aromatic nitrogens is 3. The van der Waals surface area contributed by atoms with Crippen molar-refractivity contribution in [2.45, 2.75) is 38.1 Å². The molecule has 3 rings (SSSR count). The molecule has 2 aromatic rings. The van der Waals surface area contributed by atoms with Crippen LogP contribution in [0.1, 0.15) is 31.2 Å². The Bertz CT molecular complexity index is 781. The molecule has 2 heterocycles. The molecule has 1 saturated heterocycles. The second-order valence-electron chi connectivity index (χ2n) is 7.27. The van der Waals surface area contributed by atoms with Crippen LogP contribution in [0.2, 0.25) is 0 Å². The van der Waals surface area contributed by atoms with E-state index in [2.05, 4.69) is 49.4 Å². The molecule has 2 N–H and O–H groups in total. The Morgan fingerprint density at radius 3 is 2.66 bits per heavy atom. The van der Waals surface area contributed by atoms with E-state index in [0.717, 1.165) is 69.6 Å². The summed E-state index contributed by atoms with van der Waals surface area (Å²) in [5, 5.41) is 15.0. The van der Waals surface area contributed by atoms with Crippen LogP contribution in [0.4, 0.5) is 0 Å². The van der Waals surface area contributed by atoms with Gasteiger partial charge in [-0.1, -0.05) is 19.1 Å². The van der Waals surface area contributed by atoms with Crippen molar-refractivity contribution in [1.82, 2.24) is 25.4 Å². The zero-order valence-electron chi connectivity index (χ0n) is 17.6. The summed E-state index contributed by atoms with van der Waals surface area (Å²) in [6, 6.07) is 8.40. The lowest BCUT2D eigenvalue weighted by Gasteiger charge is -2.38. The summed E-state index contributed by atoms with van der Waals surface area (Å²) in [7, 11) is 3.50. The highest BCUT2D eigenvalue weighted by Crippen LogP contribution is 2.35. The van der Waals surface area contributed by atoms with Crippen LogP contribution in [0.3, 0.4) is 0 Å². The molecule has 0 amide bonds. The molecular weight excluding hydrogens is 368 g/mol. The van der Waals surface area contributed by atoms with Crippen molar-refractivity contribution >= 4 is 5.96 Å². The SMILES string of the molecule is CCc1nncn1CCNC(=NC)NCC1(c2ccc(OC)cc2)CCOCC1. The number of methoxy groups -OCH3 is 1. The first-order valence-electron chi connectivity index (χ1n) is 10.2. The van der Waals surface area contributed by atoms with Gasteiger partial charge in [0.15, 0.2) is 5.96 Å². The van der Waals surface area contributed by atoms with E-state index in [-0.39, 0.29) is 5.41 Å². The number of nitrogens with zero attached hydrogens (tertiary/aromatic N) is 4. The zero-order chi connectivity index (χ0) is 20.5. The number of hydrogen-bond acceptors (Lipinski definition) is 5. The van der Waals surface area contributed by atoms with Crippen LogP contribution in [0.25, 0.3) is 0 Å². The van der Waals surface area contributed by atoms with E-state index in [4.69, 9.17) is 9.47 Å². The maximum Gasteiger partial charge on any atom is 0.191 e. The first-order chi connectivity index (χ1) is 14.2. The standard InChI is InChI=1S/C21H32N6O2/c1-4-19-26-25-16-27(19)12-11-23-20(22-2)24-15-21(9-13-29-14-10-21)17-5-7-18(28-3)8-6-17/h5-8,16H,4,9-15H2,1-3H3,(H2,22,23,24). The van der Waals surface area contributed by atoms with Gasteiger partial charge in [0, 0.05) is 51.7 Å². The monoisotopic (exact) mass is 400 g/mol. The lowest BCUT2D eigenvalue weighted by atomic mass is 9.74. The van der Waals surface area contributed by atoms with Gasteiger partial charge in [0.25, 0.3) is 0 Å². The van der Waals surface area contributed by atoms with E-state index >= 15 is 0 Å². The van der Waals surface area contributed by atoms with Crippen LogP contribution < -0.4 is 15.4 Å². The largest absolute Gasteiger partial charge is 0.497 e. The summed E-state index contributed by atoms with van der Waals surface area (Å²) in [5.74, 6) is 2.67. The third-order valence-electron chi connectivity index (χ3n) is 5.63. The van der Waals surface area contributed by atoms with E-state index in [1.54, 1.807) is 20.5 Å². The Kier molecular flexibility index (Phi) is 7.46. The minimum Gasteiger partial charge on any atom is -0.497 e. The smallest absolute Gasteiger partial charge is 0.191 e. The van der Waals surface area contributed by atoms with Gasteiger partial charge in [-0.25, -0.2) is 0 Å². The molecule has 8 nitrogen and oxygen atoms in total. The molecule has 0 spiro atoms. The van der Waals surface area contributed by atoms with E-state index in [9.17, 15) is 0 Å². The number of aryl methyl sites for hydroxylation is 1. The Morgan fingerprint density at radius 1 is 1.24 bits per heavy atom. The number of aliphatic imine (C=N–C) groups is 1. The number of guanidine groups is 1. The number of hydrogen-bond donors (Lipinski definition) is 2. The Morgan fingerprint density at radius 2 is 2.00 bits per heavy atom. The number of nitrogens with one attached hydrogen (secondary N) is 2. The van der Waals surface area contributed by atoms with Gasteiger partial charge in [0.1, 0.15) is 17.9 Å². The first-order valence-corrected chi connectivity index (χ1v) is 10.2. The quantitative estimate of drug-likeness (QED) is 0.519. The predicted octanol–water partition coefficient (Wildman–Crippen LogP) is 1.76. The molecule has 1 aromatic heterocycles. The maximum absolute atomic E-state index is 5.64. The number of rotatable bonds is 8. The van der Waals surface area contributed by atoms with Gasteiger partial charge in [-0.3, -0.25) is 4.99 Å². The molecule has 1 aliphatic heterocycles. The summed E-state index contributed by atoms with van der Waals surface area (Å²) in [4.78, 5) is 4.39. The first kappa shape index (κ1) is 21.1. The Labute approximate surface area is 172 Å². The highest BCUT2D eigenvalue weighted by atomic mass is 16.5. The predicted molar refractivity (Wildman–Crippen MR) is 113 cm³/mol. The van der Waals surface area contributed by atoms with Crippen molar-refractivity contribution < 1.29 is 9.47 Å². The lowest BCUT2D eigenvalue weighted by Crippen LogP contribution is -2.48. The molecule has 0 unspecified atom stereocenters. The minimum atomic E-state index is 0.0196. The van der Waals surface area contributed by atoms with Crippen LogP contribution in [0, 0.1) is 0 Å². The average molecular weight is 401 g/mol. The molecule has 0 radical (unpaired) electrons. The summed E-state index contributed by atoms with van der Waals surface area (Å²) in [6.45, 7) is 5.98. The van der Waals surface area contributed by atoms with Crippen molar-refractivity contribution in [3.05, 3.63) is 42.0 Å². The highest BCUT2D eigenvalue weighted by Gasteiger charge is 2.34. The number of ether oxygens (including phenoxy) is 2.